The average molecular weight is 590 g/mol. The number of aryl methyl sites for hydroxylation is 1. The Labute approximate surface area is 234 Å². The molecule has 5 aromatic rings. The molecule has 0 aliphatic carbocycles. The molecule has 0 aliphatic heterocycles. The first-order valence-electron chi connectivity index (χ1n) is 11.5. The molecule has 0 unspecified atom stereocenters. The van der Waals surface area contributed by atoms with Crippen LogP contribution in [0.15, 0.2) is 104 Å². The largest absolute Gasteiger partial charge is 0.442 e. The standard InChI is InChI=1S/C19H14F3NO.C9H6Cl2N2O3/c1-23-11-16(13-6-3-2-4-7-13)18(24)17(12-23)14-8-5-9-15(10-14)19(20,21)22;1-12-8(14)13(16-9(12)15)5-2-3-6(10)7(11)4-5/h2-12H,1H3;2-4H,1H3. The van der Waals surface area contributed by atoms with E-state index in [1.54, 1.807) is 36.1 Å². The van der Waals surface area contributed by atoms with Gasteiger partial charge >= 0.3 is 17.6 Å². The van der Waals surface area contributed by atoms with Crippen LogP contribution in [0.4, 0.5) is 13.2 Å². The first-order chi connectivity index (χ1) is 18.9. The van der Waals surface area contributed by atoms with Gasteiger partial charge in [-0.3, -0.25) is 4.79 Å². The second kappa shape index (κ2) is 11.4. The van der Waals surface area contributed by atoms with Gasteiger partial charge in [0, 0.05) is 37.6 Å². The number of alkyl halides is 3. The maximum Gasteiger partial charge on any atom is 0.442 e. The lowest BCUT2D eigenvalue weighted by molar-refractivity contribution is -0.137. The molecular weight excluding hydrogens is 570 g/mol. The van der Waals surface area contributed by atoms with E-state index < -0.39 is 23.2 Å². The van der Waals surface area contributed by atoms with Crippen molar-refractivity contribution in [3.63, 3.8) is 0 Å². The molecule has 0 saturated carbocycles. The van der Waals surface area contributed by atoms with Gasteiger partial charge in [-0.05, 0) is 41.5 Å². The van der Waals surface area contributed by atoms with Crippen molar-refractivity contribution in [2.45, 2.75) is 6.18 Å². The van der Waals surface area contributed by atoms with Crippen LogP contribution in [0.3, 0.4) is 0 Å². The van der Waals surface area contributed by atoms with Gasteiger partial charge in [0.2, 0.25) is 0 Å². The Hall–Kier alpha value is -4.28. The first-order valence-corrected chi connectivity index (χ1v) is 12.3. The highest BCUT2D eigenvalue weighted by atomic mass is 35.5. The molecule has 40 heavy (non-hydrogen) atoms. The topological polar surface area (TPSA) is 79.1 Å². The van der Waals surface area contributed by atoms with E-state index in [-0.39, 0.29) is 21.6 Å². The normalized spacial score (nSPS) is 11.2. The number of pyridine rings is 1. The number of benzene rings is 3. The van der Waals surface area contributed by atoms with Crippen molar-refractivity contribution in [1.29, 1.82) is 0 Å². The minimum Gasteiger partial charge on any atom is -0.356 e. The van der Waals surface area contributed by atoms with Crippen LogP contribution >= 0.6 is 23.2 Å². The van der Waals surface area contributed by atoms with Crippen LogP contribution in [0.25, 0.3) is 27.9 Å². The Kier molecular flexibility index (Phi) is 8.22. The molecule has 2 heterocycles. The summed E-state index contributed by atoms with van der Waals surface area (Å²) in [6.45, 7) is 0. The molecule has 7 nitrogen and oxygen atoms in total. The van der Waals surface area contributed by atoms with Crippen molar-refractivity contribution in [3.8, 4) is 27.9 Å². The third-order valence-electron chi connectivity index (χ3n) is 5.78. The molecule has 0 saturated heterocycles. The van der Waals surface area contributed by atoms with Gasteiger partial charge in [0.05, 0.1) is 21.3 Å². The lowest BCUT2D eigenvalue weighted by Crippen LogP contribution is -2.25. The van der Waals surface area contributed by atoms with Crippen LogP contribution in [0.1, 0.15) is 5.56 Å². The van der Waals surface area contributed by atoms with E-state index in [2.05, 4.69) is 0 Å². The van der Waals surface area contributed by atoms with E-state index in [1.165, 1.54) is 37.4 Å². The van der Waals surface area contributed by atoms with Gasteiger partial charge in [-0.1, -0.05) is 65.7 Å². The van der Waals surface area contributed by atoms with Crippen molar-refractivity contribution in [2.75, 3.05) is 0 Å². The zero-order valence-electron chi connectivity index (χ0n) is 20.9. The number of nitrogens with zero attached hydrogens (tertiary/aromatic N) is 3. The number of halogens is 5. The van der Waals surface area contributed by atoms with E-state index in [9.17, 15) is 27.6 Å². The average Bonchev–Trinajstić information content (AvgIpc) is 3.19. The molecule has 0 radical (unpaired) electrons. The van der Waals surface area contributed by atoms with Crippen molar-refractivity contribution < 1.29 is 17.7 Å². The molecule has 2 aromatic heterocycles. The molecule has 0 amide bonds. The van der Waals surface area contributed by atoms with Crippen LogP contribution in [0.2, 0.25) is 10.0 Å². The van der Waals surface area contributed by atoms with Gasteiger partial charge in [-0.25, -0.2) is 14.2 Å². The number of hydrogen-bond donors (Lipinski definition) is 0. The number of aromatic nitrogens is 3. The number of hydrogen-bond acceptors (Lipinski definition) is 4. The molecule has 12 heteroatoms. The zero-order chi connectivity index (χ0) is 29.2. The van der Waals surface area contributed by atoms with E-state index in [0.717, 1.165) is 27.0 Å². The van der Waals surface area contributed by atoms with Crippen molar-refractivity contribution in [1.82, 2.24) is 13.9 Å². The highest BCUT2D eigenvalue weighted by molar-refractivity contribution is 6.42. The molecule has 0 atom stereocenters. The summed E-state index contributed by atoms with van der Waals surface area (Å²) in [5, 5.41) is 0.634. The van der Waals surface area contributed by atoms with Gasteiger partial charge in [-0.15, -0.1) is 4.74 Å². The van der Waals surface area contributed by atoms with Crippen molar-refractivity contribution in [2.24, 2.45) is 14.1 Å². The molecule has 3 aromatic carbocycles. The van der Waals surface area contributed by atoms with Gasteiger partial charge < -0.3 is 9.09 Å². The molecule has 0 aliphatic rings. The zero-order valence-corrected chi connectivity index (χ0v) is 22.5. The summed E-state index contributed by atoms with van der Waals surface area (Å²) in [6, 6.07) is 18.4. The third kappa shape index (κ3) is 6.13. The van der Waals surface area contributed by atoms with Gasteiger partial charge in [0.25, 0.3) is 0 Å². The number of rotatable bonds is 3. The quantitative estimate of drug-likeness (QED) is 0.252. The fourth-order valence-electron chi connectivity index (χ4n) is 3.77. The molecule has 5 rings (SSSR count). The lowest BCUT2D eigenvalue weighted by atomic mass is 9.99. The monoisotopic (exact) mass is 589 g/mol. The lowest BCUT2D eigenvalue weighted by Gasteiger charge is -2.11. The predicted octanol–water partition coefficient (Wildman–Crippen LogP) is 6.17. The predicted molar refractivity (Wildman–Crippen MR) is 147 cm³/mol. The highest BCUT2D eigenvalue weighted by Gasteiger charge is 2.30. The van der Waals surface area contributed by atoms with Gasteiger partial charge in [0.15, 0.2) is 5.43 Å². The molecule has 0 bridgehead atoms. The van der Waals surface area contributed by atoms with Crippen molar-refractivity contribution >= 4 is 23.2 Å². The summed E-state index contributed by atoms with van der Waals surface area (Å²) in [4.78, 5) is 35.4. The molecule has 206 valence electrons. The smallest absolute Gasteiger partial charge is 0.356 e. The van der Waals surface area contributed by atoms with Crippen LogP contribution in [0, 0.1) is 0 Å². The Balaban J connectivity index is 0.000000201. The summed E-state index contributed by atoms with van der Waals surface area (Å²) in [6.07, 6.45) is -1.22. The van der Waals surface area contributed by atoms with Crippen LogP contribution in [-0.2, 0) is 20.3 Å². The molecule has 0 fully saturated rings. The van der Waals surface area contributed by atoms with E-state index in [1.807, 2.05) is 18.2 Å². The van der Waals surface area contributed by atoms with Gasteiger partial charge in [-0.2, -0.15) is 13.2 Å². The van der Waals surface area contributed by atoms with E-state index in [4.69, 9.17) is 27.7 Å². The fourth-order valence-corrected chi connectivity index (χ4v) is 4.06. The van der Waals surface area contributed by atoms with Crippen molar-refractivity contribution in [3.05, 3.63) is 132 Å². The SMILES string of the molecule is Cn1c(=O)on(-c2ccc(Cl)c(Cl)c2)c1=O.Cn1cc(-c2ccccc2)c(=O)c(-c2cccc(C(F)(F)F)c2)c1. The summed E-state index contributed by atoms with van der Waals surface area (Å²) in [5.74, 6) is -0.740. The minimum absolute atomic E-state index is 0.241. The van der Waals surface area contributed by atoms with Crippen LogP contribution < -0.4 is 16.9 Å². The fraction of sp³-hybridized carbons (Fsp3) is 0.107. The summed E-state index contributed by atoms with van der Waals surface area (Å²) < 4.78 is 46.9. The summed E-state index contributed by atoms with van der Waals surface area (Å²) in [5.41, 5.74) is 0.374. The maximum absolute atomic E-state index is 12.9. The second-order valence-corrected chi connectivity index (χ2v) is 9.43. The molecule has 0 N–H and O–H groups in total. The molecular formula is C28H20Cl2F3N3O4. The Morgan fingerprint density at radius 3 is 1.95 bits per heavy atom. The van der Waals surface area contributed by atoms with Crippen LogP contribution in [0.5, 0.6) is 0 Å². The first kappa shape index (κ1) is 28.7. The summed E-state index contributed by atoms with van der Waals surface area (Å²) >= 11 is 11.5. The second-order valence-electron chi connectivity index (χ2n) is 8.62. The Bertz CT molecular complexity index is 1860. The molecule has 0 spiro atoms. The summed E-state index contributed by atoms with van der Waals surface area (Å²) in [7, 11) is 3.06. The Morgan fingerprint density at radius 1 is 0.750 bits per heavy atom. The third-order valence-corrected chi connectivity index (χ3v) is 6.52. The Morgan fingerprint density at radius 2 is 1.38 bits per heavy atom. The maximum atomic E-state index is 12.9. The minimum atomic E-state index is -4.45. The van der Waals surface area contributed by atoms with E-state index in [0.29, 0.717) is 16.3 Å². The van der Waals surface area contributed by atoms with Gasteiger partial charge in [0.1, 0.15) is 0 Å². The van der Waals surface area contributed by atoms with Crippen LogP contribution in [-0.4, -0.2) is 13.9 Å². The van der Waals surface area contributed by atoms with E-state index >= 15 is 0 Å². The highest BCUT2D eigenvalue weighted by Crippen LogP contribution is 2.32.